The Balaban J connectivity index is 1.70. The largest absolute Gasteiger partial charge is 0.490 e. The highest BCUT2D eigenvalue weighted by molar-refractivity contribution is 6.35. The van der Waals surface area contributed by atoms with Gasteiger partial charge in [-0.2, -0.15) is 8.78 Å². The average Bonchev–Trinajstić information content (AvgIpc) is 3.73. The number of hydrogen-bond donors (Lipinski definition) is 0. The Kier molecular flexibility index (Phi) is 9.03. The summed E-state index contributed by atoms with van der Waals surface area (Å²) in [6.45, 7) is -2.77. The molecule has 0 bridgehead atoms. The Hall–Kier alpha value is -3.70. The van der Waals surface area contributed by atoms with Crippen LogP contribution < -0.4 is 14.2 Å². The van der Waals surface area contributed by atoms with E-state index in [1.807, 2.05) is 0 Å². The van der Waals surface area contributed by atoms with Gasteiger partial charge in [0.15, 0.2) is 17.2 Å². The summed E-state index contributed by atoms with van der Waals surface area (Å²) < 4.78 is 47.1. The van der Waals surface area contributed by atoms with E-state index in [1.54, 1.807) is 0 Å². The first-order valence-corrected chi connectivity index (χ1v) is 12.4. The Labute approximate surface area is 231 Å². The third-order valence-corrected chi connectivity index (χ3v) is 6.58. The van der Waals surface area contributed by atoms with Crippen molar-refractivity contribution in [2.24, 2.45) is 5.92 Å². The summed E-state index contributed by atoms with van der Waals surface area (Å²) >= 11 is 12.6. The fraction of sp³-hybridized carbons (Fsp3) is 0.308. The summed E-state index contributed by atoms with van der Waals surface area (Å²) in [5.74, 6) is -0.726. The van der Waals surface area contributed by atoms with Gasteiger partial charge >= 0.3 is 18.3 Å². The maximum absolute atomic E-state index is 13.2. The second kappa shape index (κ2) is 12.4. The van der Waals surface area contributed by atoms with Gasteiger partial charge in [-0.1, -0.05) is 29.3 Å². The number of alkyl halides is 2. The highest BCUT2D eigenvalue weighted by Gasteiger charge is 2.27. The van der Waals surface area contributed by atoms with Crippen LogP contribution in [0, 0.1) is 16.0 Å². The molecule has 0 amide bonds. The second-order valence-corrected chi connectivity index (χ2v) is 9.48. The lowest BCUT2D eigenvalue weighted by molar-refractivity contribution is -0.385. The molecule has 13 heteroatoms. The predicted molar refractivity (Wildman–Crippen MR) is 137 cm³/mol. The number of nitro benzene ring substituents is 1. The minimum Gasteiger partial charge on any atom is -0.490 e. The molecule has 1 aliphatic carbocycles. The van der Waals surface area contributed by atoms with Gasteiger partial charge < -0.3 is 18.9 Å². The number of carbonyl (C=O) groups is 1. The van der Waals surface area contributed by atoms with Crippen LogP contribution in [0.3, 0.4) is 0 Å². The maximum atomic E-state index is 13.2. The monoisotopic (exact) mass is 582 g/mol. The van der Waals surface area contributed by atoms with E-state index in [1.165, 1.54) is 49.8 Å². The topological polar surface area (TPSA) is 110 Å². The van der Waals surface area contributed by atoms with Gasteiger partial charge in [-0.25, -0.2) is 4.79 Å². The van der Waals surface area contributed by atoms with Crippen LogP contribution in [-0.4, -0.2) is 36.2 Å². The van der Waals surface area contributed by atoms with E-state index in [0.29, 0.717) is 23.7 Å². The smallest absolute Gasteiger partial charge is 0.387 e. The zero-order valence-corrected chi connectivity index (χ0v) is 22.0. The van der Waals surface area contributed by atoms with Gasteiger partial charge in [0.25, 0.3) is 0 Å². The first kappa shape index (κ1) is 28.3. The number of pyridine rings is 1. The van der Waals surface area contributed by atoms with Crippen LogP contribution in [0.25, 0.3) is 0 Å². The van der Waals surface area contributed by atoms with Gasteiger partial charge in [0.2, 0.25) is 0 Å². The average molecular weight is 583 g/mol. The molecule has 1 atom stereocenters. The van der Waals surface area contributed by atoms with Gasteiger partial charge in [0.1, 0.15) is 6.10 Å². The molecule has 0 spiro atoms. The lowest BCUT2D eigenvalue weighted by atomic mass is 10.0. The molecule has 0 radical (unpaired) electrons. The molecule has 2 aromatic carbocycles. The molecule has 1 heterocycles. The molecule has 9 nitrogen and oxygen atoms in total. The number of aromatic nitrogens is 1. The van der Waals surface area contributed by atoms with Gasteiger partial charge in [-0.05, 0) is 54.2 Å². The first-order chi connectivity index (χ1) is 18.7. The molecule has 3 aromatic rings. The van der Waals surface area contributed by atoms with Crippen molar-refractivity contribution in [3.05, 3.63) is 85.6 Å². The van der Waals surface area contributed by atoms with Gasteiger partial charge in [-0.15, -0.1) is 0 Å². The molecular weight excluding hydrogens is 561 g/mol. The molecule has 206 valence electrons. The predicted octanol–water partition coefficient (Wildman–Crippen LogP) is 6.84. The van der Waals surface area contributed by atoms with E-state index in [4.69, 9.17) is 37.4 Å². The van der Waals surface area contributed by atoms with Crippen molar-refractivity contribution < 1.29 is 37.4 Å². The Morgan fingerprint density at radius 3 is 2.41 bits per heavy atom. The third kappa shape index (κ3) is 7.24. The quantitative estimate of drug-likeness (QED) is 0.130. The zero-order chi connectivity index (χ0) is 28.1. The number of hydrogen-bond acceptors (Lipinski definition) is 8. The summed E-state index contributed by atoms with van der Waals surface area (Å²) in [5.41, 5.74) is 0.248. The number of methoxy groups -OCH3 is 1. The molecule has 1 aromatic heterocycles. The number of esters is 1. The lowest BCUT2D eigenvalue weighted by Gasteiger charge is -2.21. The normalized spacial score (nSPS) is 13.6. The number of halogens is 4. The zero-order valence-electron chi connectivity index (χ0n) is 20.4. The van der Waals surface area contributed by atoms with Crippen LogP contribution in [0.2, 0.25) is 10.0 Å². The van der Waals surface area contributed by atoms with E-state index in [0.717, 1.165) is 18.9 Å². The van der Waals surface area contributed by atoms with Crippen LogP contribution in [0.5, 0.6) is 17.2 Å². The number of rotatable bonds is 12. The summed E-state index contributed by atoms with van der Waals surface area (Å²) in [6.07, 6.45) is 3.60. The molecular formula is C26H22Cl2F2N2O7. The summed E-state index contributed by atoms with van der Waals surface area (Å²) in [6, 6.07) is 7.81. The Morgan fingerprint density at radius 1 is 1.10 bits per heavy atom. The number of ether oxygens (including phenoxy) is 4. The summed E-state index contributed by atoms with van der Waals surface area (Å²) in [5, 5.41) is 11.9. The van der Waals surface area contributed by atoms with Crippen molar-refractivity contribution in [2.45, 2.75) is 32.0 Å². The molecule has 0 aliphatic heterocycles. The first-order valence-electron chi connectivity index (χ1n) is 11.7. The molecule has 0 saturated heterocycles. The minimum absolute atomic E-state index is 0.0265. The number of nitro groups is 1. The standard InChI is InChI=1S/C26H22Cl2F2N2O7/c1-36-21-6-5-16(8-20(21)32(34)35)25(33)38-23(10-17-18(27)11-31-12-19(17)28)15-4-7-22(39-26(29)30)24(9-15)37-13-14-2-3-14/h4-9,11-12,14,23,26H,2-3,10,13H2,1H3/t23-/m0/s1. The Morgan fingerprint density at radius 2 is 1.79 bits per heavy atom. The number of benzene rings is 2. The maximum Gasteiger partial charge on any atom is 0.387 e. The van der Waals surface area contributed by atoms with Crippen molar-refractivity contribution >= 4 is 34.9 Å². The molecule has 39 heavy (non-hydrogen) atoms. The third-order valence-electron chi connectivity index (χ3n) is 5.93. The van der Waals surface area contributed by atoms with Crippen molar-refractivity contribution in [1.29, 1.82) is 0 Å². The van der Waals surface area contributed by atoms with E-state index < -0.39 is 29.3 Å². The minimum atomic E-state index is -3.08. The van der Waals surface area contributed by atoms with Crippen LogP contribution in [0.4, 0.5) is 14.5 Å². The second-order valence-electron chi connectivity index (χ2n) is 8.66. The van der Waals surface area contributed by atoms with Crippen LogP contribution >= 0.6 is 23.2 Å². The fourth-order valence-electron chi connectivity index (χ4n) is 3.73. The highest BCUT2D eigenvalue weighted by atomic mass is 35.5. The molecule has 1 saturated carbocycles. The van der Waals surface area contributed by atoms with Crippen LogP contribution in [0.15, 0.2) is 48.8 Å². The Bertz CT molecular complexity index is 1350. The van der Waals surface area contributed by atoms with Gasteiger partial charge in [0, 0.05) is 24.9 Å². The SMILES string of the molecule is COc1ccc(C(=O)O[C@@H](Cc2c(Cl)cncc2Cl)c2ccc(OC(F)F)c(OCC3CC3)c2)cc1[N+](=O)[O-]. The van der Waals surface area contributed by atoms with Gasteiger partial charge in [0.05, 0.1) is 34.2 Å². The number of nitrogens with zero attached hydrogens (tertiary/aromatic N) is 2. The van der Waals surface area contributed by atoms with E-state index in [-0.39, 0.29) is 39.3 Å². The van der Waals surface area contributed by atoms with Crippen LogP contribution in [0.1, 0.15) is 40.4 Å². The van der Waals surface area contributed by atoms with Gasteiger partial charge in [-0.3, -0.25) is 15.1 Å². The molecule has 0 unspecified atom stereocenters. The fourth-order valence-corrected chi connectivity index (χ4v) is 4.25. The van der Waals surface area contributed by atoms with Crippen LogP contribution in [-0.2, 0) is 11.2 Å². The summed E-state index contributed by atoms with van der Waals surface area (Å²) in [7, 11) is 1.27. The van der Waals surface area contributed by atoms with Crippen molar-refractivity contribution in [1.82, 2.24) is 4.98 Å². The molecule has 4 rings (SSSR count). The molecule has 0 N–H and O–H groups in total. The van der Waals surface area contributed by atoms with Crippen molar-refractivity contribution in [3.8, 4) is 17.2 Å². The van der Waals surface area contributed by atoms with E-state index in [9.17, 15) is 23.7 Å². The lowest BCUT2D eigenvalue weighted by Crippen LogP contribution is -2.15. The van der Waals surface area contributed by atoms with E-state index >= 15 is 0 Å². The van der Waals surface area contributed by atoms with E-state index in [2.05, 4.69) is 9.72 Å². The van der Waals surface area contributed by atoms with Crippen molar-refractivity contribution in [3.63, 3.8) is 0 Å². The molecule has 1 fully saturated rings. The summed E-state index contributed by atoms with van der Waals surface area (Å²) in [4.78, 5) is 27.8. The molecule has 1 aliphatic rings. The number of carbonyl (C=O) groups excluding carboxylic acids is 1. The highest BCUT2D eigenvalue weighted by Crippen LogP contribution is 2.38. The van der Waals surface area contributed by atoms with Crippen molar-refractivity contribution in [2.75, 3.05) is 13.7 Å².